The lowest BCUT2D eigenvalue weighted by molar-refractivity contribution is -0.223. The van der Waals surface area contributed by atoms with E-state index in [4.69, 9.17) is 36.0 Å². The van der Waals surface area contributed by atoms with Gasteiger partial charge in [0.05, 0.1) is 0 Å². The molecule has 1 aliphatic heterocycles. The summed E-state index contributed by atoms with van der Waals surface area (Å²) in [5, 5.41) is 32.7. The number of epoxide rings is 1. The Morgan fingerprint density at radius 1 is 0.767 bits per heavy atom. The molecule has 0 amide bonds. The molecule has 0 spiro atoms. The van der Waals surface area contributed by atoms with Gasteiger partial charge in [-0.2, -0.15) is 0 Å². The van der Waals surface area contributed by atoms with Gasteiger partial charge in [0.1, 0.15) is 5.60 Å². The van der Waals surface area contributed by atoms with Crippen molar-refractivity contribution < 1.29 is 51.3 Å². The van der Waals surface area contributed by atoms with Crippen LogP contribution in [0.2, 0.25) is 12.1 Å². The molecule has 0 radical (unpaired) electrons. The van der Waals surface area contributed by atoms with Crippen LogP contribution >= 0.6 is 0 Å². The van der Waals surface area contributed by atoms with Crippen molar-refractivity contribution in [2.75, 3.05) is 49.3 Å². The summed E-state index contributed by atoms with van der Waals surface area (Å²) >= 11 is 0. The summed E-state index contributed by atoms with van der Waals surface area (Å²) in [5.74, 6) is -4.54. The summed E-state index contributed by atoms with van der Waals surface area (Å²) in [7, 11) is 3.28. The molecular weight excluding hydrogens is 436 g/mol. The second-order valence-electron chi connectivity index (χ2n) is 7.09. The first-order valence-corrected chi connectivity index (χ1v) is 13.7. The molecule has 0 aromatic carbocycles. The van der Waals surface area contributed by atoms with Crippen LogP contribution in [0.15, 0.2) is 0 Å². The van der Waals surface area contributed by atoms with Crippen LogP contribution in [0.25, 0.3) is 0 Å². The average Bonchev–Trinajstić information content (AvgIpc) is 3.32. The molecule has 1 fully saturated rings. The van der Waals surface area contributed by atoms with Crippen LogP contribution in [0, 0.1) is 0 Å². The largest absolute Gasteiger partial charge is 0.500 e. The Kier molecular flexibility index (Phi) is 10.5. The molecule has 2 unspecified atom stereocenters. The second-order valence-corrected chi connectivity index (χ2v) is 13.3. The summed E-state index contributed by atoms with van der Waals surface area (Å²) in [5.41, 5.74) is -1.82. The van der Waals surface area contributed by atoms with Crippen LogP contribution < -0.4 is 0 Å². The minimum atomic E-state index is -2.87. The molecular formula is C17H38O11Si2. The molecule has 11 nitrogen and oxygen atoms in total. The van der Waals surface area contributed by atoms with Crippen molar-refractivity contribution in [3.05, 3.63) is 0 Å². The number of aliphatic hydroxyl groups is 3. The molecule has 30 heavy (non-hydrogen) atoms. The minimum absolute atomic E-state index is 0.0746. The molecule has 0 aromatic heterocycles. The van der Waals surface area contributed by atoms with Gasteiger partial charge in [-0.15, -0.1) is 0 Å². The Hall–Kier alpha value is -0.00623. The smallest absolute Gasteiger partial charge is 0.384 e. The van der Waals surface area contributed by atoms with Gasteiger partial charge in [0.2, 0.25) is 0 Å². The fraction of sp³-hybridized carbons (Fsp3) is 1.00. The zero-order valence-electron chi connectivity index (χ0n) is 19.1. The highest BCUT2D eigenvalue weighted by Gasteiger charge is 2.81. The first-order chi connectivity index (χ1) is 14.0. The van der Waals surface area contributed by atoms with Gasteiger partial charge in [-0.1, -0.05) is 0 Å². The lowest BCUT2D eigenvalue weighted by Crippen LogP contribution is -2.52. The Morgan fingerprint density at radius 3 is 1.43 bits per heavy atom. The first-order valence-electron chi connectivity index (χ1n) is 9.87. The van der Waals surface area contributed by atoms with Crippen molar-refractivity contribution in [2.45, 2.75) is 62.1 Å². The predicted molar refractivity (Wildman–Crippen MR) is 109 cm³/mol. The van der Waals surface area contributed by atoms with E-state index in [1.54, 1.807) is 6.92 Å². The third-order valence-corrected chi connectivity index (χ3v) is 11.3. The van der Waals surface area contributed by atoms with Crippen LogP contribution in [0.4, 0.5) is 0 Å². The molecule has 2 atom stereocenters. The Labute approximate surface area is 180 Å². The van der Waals surface area contributed by atoms with E-state index in [0.717, 1.165) is 0 Å². The van der Waals surface area contributed by atoms with E-state index in [-0.39, 0.29) is 19.4 Å². The third kappa shape index (κ3) is 5.67. The molecule has 1 heterocycles. The normalized spacial score (nSPS) is 25.0. The summed E-state index contributed by atoms with van der Waals surface area (Å²) in [4.78, 5) is 0. The molecule has 0 saturated carbocycles. The lowest BCUT2D eigenvalue weighted by Gasteiger charge is -2.33. The van der Waals surface area contributed by atoms with Crippen molar-refractivity contribution in [3.8, 4) is 0 Å². The van der Waals surface area contributed by atoms with Gasteiger partial charge in [0.15, 0.2) is 0 Å². The molecule has 1 rings (SSSR count). The van der Waals surface area contributed by atoms with Gasteiger partial charge in [-0.05, 0) is 32.6 Å². The van der Waals surface area contributed by atoms with Crippen molar-refractivity contribution >= 4 is 17.6 Å². The number of rotatable bonds is 17. The molecule has 3 N–H and O–H groups in total. The fourth-order valence-electron chi connectivity index (χ4n) is 3.66. The zero-order valence-corrected chi connectivity index (χ0v) is 21.1. The van der Waals surface area contributed by atoms with Gasteiger partial charge >= 0.3 is 23.6 Å². The Bertz CT molecular complexity index is 475. The van der Waals surface area contributed by atoms with Crippen LogP contribution in [-0.4, -0.2) is 99.6 Å². The van der Waals surface area contributed by atoms with Crippen LogP contribution in [0.1, 0.15) is 32.6 Å². The molecule has 0 aliphatic carbocycles. The van der Waals surface area contributed by atoms with Crippen molar-refractivity contribution in [1.29, 1.82) is 0 Å². The highest BCUT2D eigenvalue weighted by molar-refractivity contribution is 6.60. The molecule has 0 bridgehead atoms. The molecule has 180 valence electrons. The van der Waals surface area contributed by atoms with Crippen LogP contribution in [0.5, 0.6) is 0 Å². The van der Waals surface area contributed by atoms with Crippen molar-refractivity contribution in [1.82, 2.24) is 0 Å². The standard InChI is InChI=1S/C17H38O11Si2/c1-8-27-17(20)16(19,28-17)15(18,11-9-13-29(21-2,22-3)23-4)12-10-14-30(24-5,25-6)26-7/h18-20H,8-14H2,1-7H3. The quantitative estimate of drug-likeness (QED) is 0.154. The van der Waals surface area contributed by atoms with Crippen LogP contribution in [0.3, 0.4) is 0 Å². The average molecular weight is 475 g/mol. The molecule has 0 aromatic rings. The van der Waals surface area contributed by atoms with Gasteiger partial charge in [-0.3, -0.25) is 4.74 Å². The monoisotopic (exact) mass is 474 g/mol. The van der Waals surface area contributed by atoms with E-state index in [2.05, 4.69) is 0 Å². The first kappa shape index (κ1) is 28.0. The van der Waals surface area contributed by atoms with E-state index < -0.39 is 35.0 Å². The highest BCUT2D eigenvalue weighted by Crippen LogP contribution is 2.55. The Morgan fingerprint density at radius 2 is 1.13 bits per heavy atom. The highest BCUT2D eigenvalue weighted by atomic mass is 28.4. The van der Waals surface area contributed by atoms with Crippen molar-refractivity contribution in [3.63, 3.8) is 0 Å². The number of hydrogen-bond donors (Lipinski definition) is 3. The second kappa shape index (κ2) is 11.2. The van der Waals surface area contributed by atoms with Crippen LogP contribution in [-0.2, 0) is 36.0 Å². The summed E-state index contributed by atoms with van der Waals surface area (Å²) in [6.07, 6.45) is 0.914. The van der Waals surface area contributed by atoms with E-state index in [1.165, 1.54) is 42.7 Å². The SMILES string of the molecule is CCOC1(O)OC1(O)C(O)(CCC[Si](OC)(OC)OC)CCC[Si](OC)(OC)OC. The van der Waals surface area contributed by atoms with E-state index in [0.29, 0.717) is 24.9 Å². The maximum Gasteiger partial charge on any atom is 0.500 e. The van der Waals surface area contributed by atoms with Gasteiger partial charge in [-0.25, -0.2) is 0 Å². The molecule has 1 aliphatic rings. The molecule has 1 saturated heterocycles. The zero-order chi connectivity index (χ0) is 23.1. The van der Waals surface area contributed by atoms with Crippen molar-refractivity contribution in [2.24, 2.45) is 0 Å². The third-order valence-electron chi connectivity index (χ3n) is 5.66. The fourth-order valence-corrected chi connectivity index (χ4v) is 7.10. The lowest BCUT2D eigenvalue weighted by atomic mass is 9.86. The van der Waals surface area contributed by atoms with E-state index >= 15 is 0 Å². The number of ether oxygens (including phenoxy) is 2. The number of hydrogen-bond acceptors (Lipinski definition) is 11. The minimum Gasteiger partial charge on any atom is -0.384 e. The summed E-state index contributed by atoms with van der Waals surface area (Å²) in [6.45, 7) is 1.74. The Balaban J connectivity index is 2.93. The summed E-state index contributed by atoms with van der Waals surface area (Å²) < 4.78 is 42.6. The van der Waals surface area contributed by atoms with Gasteiger partial charge in [0, 0.05) is 61.4 Å². The van der Waals surface area contributed by atoms with E-state index in [9.17, 15) is 15.3 Å². The predicted octanol–water partition coefficient (Wildman–Crippen LogP) is 0.436. The van der Waals surface area contributed by atoms with E-state index in [1.807, 2.05) is 0 Å². The maximum atomic E-state index is 11.4. The summed E-state index contributed by atoms with van der Waals surface area (Å²) in [6, 6.07) is 0.795. The topological polar surface area (TPSA) is 138 Å². The van der Waals surface area contributed by atoms with Gasteiger partial charge in [0.25, 0.3) is 5.79 Å². The van der Waals surface area contributed by atoms with Gasteiger partial charge < -0.3 is 46.6 Å². The maximum absolute atomic E-state index is 11.4. The molecule has 13 heteroatoms.